The van der Waals surface area contributed by atoms with Gasteiger partial charge in [0.15, 0.2) is 0 Å². The lowest BCUT2D eigenvalue weighted by Crippen LogP contribution is -2.25. The number of halogens is 2. The van der Waals surface area contributed by atoms with Crippen molar-refractivity contribution in [2.24, 2.45) is 0 Å². The highest BCUT2D eigenvalue weighted by molar-refractivity contribution is 9.10. The van der Waals surface area contributed by atoms with E-state index in [4.69, 9.17) is 21.1 Å². The third-order valence-corrected chi connectivity index (χ3v) is 4.02. The molecule has 0 aromatic heterocycles. The summed E-state index contributed by atoms with van der Waals surface area (Å²) in [5, 5.41) is 13.6. The lowest BCUT2D eigenvalue weighted by atomic mass is 10.3. The smallest absolute Gasteiger partial charge is 0.0945 e. The van der Waals surface area contributed by atoms with Gasteiger partial charge in [-0.2, -0.15) is 0 Å². The normalized spacial score (nSPS) is 12.4. The summed E-state index contributed by atoms with van der Waals surface area (Å²) in [5.41, 5.74) is 0.866. The molecule has 0 heterocycles. The van der Waals surface area contributed by atoms with E-state index in [9.17, 15) is 5.11 Å². The van der Waals surface area contributed by atoms with Gasteiger partial charge in [-0.25, -0.2) is 0 Å². The van der Waals surface area contributed by atoms with E-state index in [1.165, 1.54) is 0 Å². The molecule has 0 amide bonds. The third-order valence-electron chi connectivity index (χ3n) is 2.79. The van der Waals surface area contributed by atoms with E-state index >= 15 is 0 Å². The van der Waals surface area contributed by atoms with Gasteiger partial charge < -0.3 is 19.9 Å². The molecule has 0 saturated carbocycles. The number of hydrogen-bond donors (Lipinski definition) is 2. The maximum absolute atomic E-state index is 9.80. The topological polar surface area (TPSA) is 50.7 Å². The van der Waals surface area contributed by atoms with Gasteiger partial charge in [0.25, 0.3) is 0 Å². The Morgan fingerprint density at radius 1 is 1.29 bits per heavy atom. The Hall–Kier alpha value is -0.330. The molecule has 6 heteroatoms. The molecule has 0 aliphatic carbocycles. The number of ether oxygens (including phenoxy) is 2. The van der Waals surface area contributed by atoms with Crippen molar-refractivity contribution in [3.8, 4) is 0 Å². The van der Waals surface area contributed by atoms with Gasteiger partial charge in [-0.05, 0) is 40.5 Å². The molecule has 1 aromatic rings. The van der Waals surface area contributed by atoms with Crippen LogP contribution in [0.2, 0.25) is 5.02 Å². The molecule has 0 bridgehead atoms. The summed E-state index contributed by atoms with van der Waals surface area (Å²) < 4.78 is 11.6. The van der Waals surface area contributed by atoms with E-state index in [1.807, 2.05) is 12.1 Å². The van der Waals surface area contributed by atoms with Crippen LogP contribution in [0, 0.1) is 0 Å². The van der Waals surface area contributed by atoms with Crippen molar-refractivity contribution in [2.75, 3.05) is 38.3 Å². The highest BCUT2D eigenvalue weighted by atomic mass is 79.9. The van der Waals surface area contributed by atoms with E-state index in [2.05, 4.69) is 28.2 Å². The molecule has 120 valence electrons. The minimum Gasteiger partial charge on any atom is -0.389 e. The first kappa shape index (κ1) is 18.7. The Morgan fingerprint density at radius 2 is 2.05 bits per heavy atom. The summed E-state index contributed by atoms with van der Waals surface area (Å²) in [6, 6.07) is 5.56. The van der Waals surface area contributed by atoms with Crippen LogP contribution in [0.5, 0.6) is 0 Å². The zero-order chi connectivity index (χ0) is 15.5. The first-order chi connectivity index (χ1) is 10.1. The van der Waals surface area contributed by atoms with E-state index in [0.29, 0.717) is 24.8 Å². The molecule has 21 heavy (non-hydrogen) atoms. The summed E-state index contributed by atoms with van der Waals surface area (Å²) >= 11 is 9.33. The molecule has 0 spiro atoms. The van der Waals surface area contributed by atoms with Gasteiger partial charge in [0, 0.05) is 23.3 Å². The van der Waals surface area contributed by atoms with Gasteiger partial charge in [-0.15, -0.1) is 0 Å². The molecule has 1 aromatic carbocycles. The van der Waals surface area contributed by atoms with Crippen LogP contribution in [0.1, 0.15) is 19.8 Å². The SMILES string of the molecule is CCCCOCCOCC(O)CNc1ccc(Br)c(Cl)c1. The maximum Gasteiger partial charge on any atom is 0.0945 e. The van der Waals surface area contributed by atoms with Crippen molar-refractivity contribution in [3.63, 3.8) is 0 Å². The van der Waals surface area contributed by atoms with E-state index in [1.54, 1.807) is 6.07 Å². The Labute approximate surface area is 139 Å². The number of nitrogens with one attached hydrogen (secondary N) is 1. The molecule has 0 fully saturated rings. The zero-order valence-electron chi connectivity index (χ0n) is 12.3. The van der Waals surface area contributed by atoms with Crippen LogP contribution < -0.4 is 5.32 Å². The number of anilines is 1. The molecule has 4 nitrogen and oxygen atoms in total. The van der Waals surface area contributed by atoms with Crippen molar-refractivity contribution in [2.45, 2.75) is 25.9 Å². The summed E-state index contributed by atoms with van der Waals surface area (Å²) in [7, 11) is 0. The Bertz CT molecular complexity index is 407. The summed E-state index contributed by atoms with van der Waals surface area (Å²) in [5.74, 6) is 0. The van der Waals surface area contributed by atoms with Crippen molar-refractivity contribution < 1.29 is 14.6 Å². The number of aliphatic hydroxyl groups excluding tert-OH is 1. The fourth-order valence-corrected chi connectivity index (χ4v) is 2.01. The van der Waals surface area contributed by atoms with Crippen LogP contribution in [0.25, 0.3) is 0 Å². The third kappa shape index (κ3) is 8.63. The lowest BCUT2D eigenvalue weighted by Gasteiger charge is -2.13. The molecule has 1 unspecified atom stereocenters. The average molecular weight is 381 g/mol. The molecule has 2 N–H and O–H groups in total. The maximum atomic E-state index is 9.80. The van der Waals surface area contributed by atoms with Gasteiger partial charge in [0.1, 0.15) is 0 Å². The predicted octanol–water partition coefficient (Wildman–Crippen LogP) is 3.71. The van der Waals surface area contributed by atoms with E-state index in [0.717, 1.165) is 29.6 Å². The van der Waals surface area contributed by atoms with Gasteiger partial charge in [0.2, 0.25) is 0 Å². The Kier molecular flexibility index (Phi) is 10.0. The predicted molar refractivity (Wildman–Crippen MR) is 90.2 cm³/mol. The fourth-order valence-electron chi connectivity index (χ4n) is 1.59. The van der Waals surface area contributed by atoms with Crippen molar-refractivity contribution in [1.29, 1.82) is 0 Å². The summed E-state index contributed by atoms with van der Waals surface area (Å²) in [6.07, 6.45) is 1.64. The standard InChI is InChI=1S/C15H23BrClNO3/c1-2-3-6-20-7-8-21-11-13(19)10-18-12-4-5-14(16)15(17)9-12/h4-5,9,13,18-19H,2-3,6-8,10-11H2,1H3. The monoisotopic (exact) mass is 379 g/mol. The number of aliphatic hydroxyl groups is 1. The molecule has 0 radical (unpaired) electrons. The number of hydrogen-bond acceptors (Lipinski definition) is 4. The van der Waals surface area contributed by atoms with Crippen molar-refractivity contribution in [1.82, 2.24) is 0 Å². The van der Waals surface area contributed by atoms with Crippen LogP contribution >= 0.6 is 27.5 Å². The average Bonchev–Trinajstić information content (AvgIpc) is 2.47. The molecule has 0 aliphatic rings. The van der Waals surface area contributed by atoms with Crippen molar-refractivity contribution >= 4 is 33.2 Å². The van der Waals surface area contributed by atoms with Crippen molar-refractivity contribution in [3.05, 3.63) is 27.7 Å². The Balaban J connectivity index is 2.08. The number of benzene rings is 1. The molecule has 1 rings (SSSR count). The molecular weight excluding hydrogens is 358 g/mol. The summed E-state index contributed by atoms with van der Waals surface area (Å²) in [4.78, 5) is 0. The van der Waals surface area contributed by atoms with Crippen LogP contribution in [0.15, 0.2) is 22.7 Å². The second-order valence-electron chi connectivity index (χ2n) is 4.70. The van der Waals surface area contributed by atoms with Crippen LogP contribution in [-0.4, -0.2) is 44.2 Å². The summed E-state index contributed by atoms with van der Waals surface area (Å²) in [6.45, 7) is 4.67. The van der Waals surface area contributed by atoms with E-state index in [-0.39, 0.29) is 6.61 Å². The second kappa shape index (κ2) is 11.3. The Morgan fingerprint density at radius 3 is 2.76 bits per heavy atom. The number of rotatable bonds is 11. The molecule has 0 aliphatic heterocycles. The minimum absolute atomic E-state index is 0.286. The van der Waals surface area contributed by atoms with Gasteiger partial charge in [-0.3, -0.25) is 0 Å². The number of unbranched alkanes of at least 4 members (excludes halogenated alkanes) is 1. The minimum atomic E-state index is -0.567. The lowest BCUT2D eigenvalue weighted by molar-refractivity contribution is 0.00749. The second-order valence-corrected chi connectivity index (χ2v) is 5.97. The fraction of sp³-hybridized carbons (Fsp3) is 0.600. The molecule has 0 saturated heterocycles. The van der Waals surface area contributed by atoms with Crippen LogP contribution in [0.4, 0.5) is 5.69 Å². The van der Waals surface area contributed by atoms with Crippen LogP contribution in [0.3, 0.4) is 0 Å². The quantitative estimate of drug-likeness (QED) is 0.575. The molecular formula is C15H23BrClNO3. The van der Waals surface area contributed by atoms with Crippen LogP contribution in [-0.2, 0) is 9.47 Å². The first-order valence-corrected chi connectivity index (χ1v) is 8.33. The highest BCUT2D eigenvalue weighted by Gasteiger charge is 2.05. The largest absolute Gasteiger partial charge is 0.389 e. The van der Waals surface area contributed by atoms with Gasteiger partial charge >= 0.3 is 0 Å². The van der Waals surface area contributed by atoms with Gasteiger partial charge in [0.05, 0.1) is 30.9 Å². The molecule has 1 atom stereocenters. The highest BCUT2D eigenvalue weighted by Crippen LogP contribution is 2.25. The van der Waals surface area contributed by atoms with Gasteiger partial charge in [-0.1, -0.05) is 24.9 Å². The first-order valence-electron chi connectivity index (χ1n) is 7.16. The van der Waals surface area contributed by atoms with E-state index < -0.39 is 6.10 Å². The zero-order valence-corrected chi connectivity index (χ0v) is 14.6.